The number of alkyl halides is 3. The van der Waals surface area contributed by atoms with Crippen molar-refractivity contribution in [2.24, 2.45) is 4.99 Å². The molecule has 0 unspecified atom stereocenters. The van der Waals surface area contributed by atoms with Crippen molar-refractivity contribution in [3.63, 3.8) is 0 Å². The molecule has 170 valence electrons. The highest BCUT2D eigenvalue weighted by Crippen LogP contribution is 2.34. The second-order valence-electron chi connectivity index (χ2n) is 6.06. The number of aliphatic imine (C=N–C) groups is 1. The predicted octanol–water partition coefficient (Wildman–Crippen LogP) is 5.12. The molecule has 2 aromatic rings. The Hall–Kier alpha value is -2.73. The van der Waals surface area contributed by atoms with E-state index in [4.69, 9.17) is 10.5 Å². The fourth-order valence-electron chi connectivity index (χ4n) is 2.65. The number of nitrogens with two attached hydrogens (primary N) is 1. The Kier molecular flexibility index (Phi) is 8.75. The Morgan fingerprint density at radius 3 is 2.42 bits per heavy atom. The van der Waals surface area contributed by atoms with E-state index >= 15 is 0 Å². The molecule has 0 amide bonds. The lowest BCUT2D eigenvalue weighted by atomic mass is 10.2. The van der Waals surface area contributed by atoms with Gasteiger partial charge in [0.1, 0.15) is 18.1 Å². The van der Waals surface area contributed by atoms with Crippen LogP contribution in [-0.2, 0) is 4.74 Å². The van der Waals surface area contributed by atoms with E-state index in [2.05, 4.69) is 21.4 Å². The van der Waals surface area contributed by atoms with Gasteiger partial charge in [0.25, 0.3) is 0 Å². The largest absolute Gasteiger partial charge is 0.573 e. The SMILES string of the molecule is C=Nc1cc(N)cnc1N(CN(SF)c1ccc(OC(F)(F)F)cc1)C1COC1.CC. The third-order valence-corrected chi connectivity index (χ3v) is 4.59. The summed E-state index contributed by atoms with van der Waals surface area (Å²) in [5.41, 5.74) is 6.90. The number of hydrogen-bond acceptors (Lipinski definition) is 8. The minimum atomic E-state index is -4.80. The van der Waals surface area contributed by atoms with E-state index in [0.29, 0.717) is 36.1 Å². The molecule has 0 spiro atoms. The molecule has 31 heavy (non-hydrogen) atoms. The maximum atomic E-state index is 13.7. The molecular formula is C19H23F4N5O2S. The molecule has 0 atom stereocenters. The van der Waals surface area contributed by atoms with Crippen molar-refractivity contribution >= 4 is 41.9 Å². The van der Waals surface area contributed by atoms with Gasteiger partial charge in [-0.2, -0.15) is 0 Å². The zero-order chi connectivity index (χ0) is 23.0. The molecule has 2 N–H and O–H groups in total. The summed E-state index contributed by atoms with van der Waals surface area (Å²) in [6.07, 6.45) is -3.35. The third-order valence-electron chi connectivity index (χ3n) is 4.09. The highest BCUT2D eigenvalue weighted by Gasteiger charge is 2.32. The number of nitrogen functional groups attached to an aromatic ring is 1. The van der Waals surface area contributed by atoms with E-state index < -0.39 is 12.1 Å². The maximum Gasteiger partial charge on any atom is 0.573 e. The number of hydrogen-bond donors (Lipinski definition) is 1. The molecule has 0 aliphatic carbocycles. The summed E-state index contributed by atoms with van der Waals surface area (Å²) in [7, 11) is 0. The van der Waals surface area contributed by atoms with Gasteiger partial charge in [0.15, 0.2) is 18.2 Å². The Balaban J connectivity index is 0.00000166. The standard InChI is InChI=1S/C17H17F4N5O2S.C2H6/c1-23-15-6-11(22)7-24-16(15)25(13-8-27-9-13)10-26(29-21)12-2-4-14(5-3-12)28-17(18,19)20;1-2/h2-7,13H,1,8-10,22H2;1-2H3. The lowest BCUT2D eigenvalue weighted by Gasteiger charge is -2.40. The van der Waals surface area contributed by atoms with E-state index in [-0.39, 0.29) is 25.0 Å². The summed E-state index contributed by atoms with van der Waals surface area (Å²) in [6.45, 7) is 8.35. The van der Waals surface area contributed by atoms with E-state index in [1.165, 1.54) is 22.6 Å². The first-order valence-corrected chi connectivity index (χ1v) is 9.97. The van der Waals surface area contributed by atoms with Crippen molar-refractivity contribution in [1.82, 2.24) is 4.98 Å². The molecule has 7 nitrogen and oxygen atoms in total. The van der Waals surface area contributed by atoms with Crippen LogP contribution in [0.4, 0.5) is 39.9 Å². The lowest BCUT2D eigenvalue weighted by Crippen LogP contribution is -2.52. The maximum absolute atomic E-state index is 13.7. The van der Waals surface area contributed by atoms with Crippen LogP contribution in [0.2, 0.25) is 0 Å². The monoisotopic (exact) mass is 461 g/mol. The fraction of sp³-hybridized carbons (Fsp3) is 0.368. The van der Waals surface area contributed by atoms with Crippen LogP contribution in [0.15, 0.2) is 41.5 Å². The Bertz CT molecular complexity index is 850. The molecule has 12 heteroatoms. The Labute approximate surface area is 182 Å². The van der Waals surface area contributed by atoms with Gasteiger partial charge >= 0.3 is 6.36 Å². The van der Waals surface area contributed by atoms with E-state index in [1.807, 2.05) is 13.8 Å². The van der Waals surface area contributed by atoms with Gasteiger partial charge in [0.05, 0.1) is 36.8 Å². The second-order valence-corrected chi connectivity index (χ2v) is 6.64. The van der Waals surface area contributed by atoms with Gasteiger partial charge in [0, 0.05) is 0 Å². The molecule has 0 saturated carbocycles. The number of benzene rings is 1. The van der Waals surface area contributed by atoms with Crippen molar-refractivity contribution in [2.75, 3.05) is 34.8 Å². The molecule has 1 aromatic heterocycles. The summed E-state index contributed by atoms with van der Waals surface area (Å²) in [6, 6.07) is 6.38. The van der Waals surface area contributed by atoms with Crippen LogP contribution >= 0.6 is 12.3 Å². The van der Waals surface area contributed by atoms with Gasteiger partial charge in [-0.15, -0.1) is 17.1 Å². The minimum absolute atomic E-state index is 0.0219. The van der Waals surface area contributed by atoms with Crippen molar-refractivity contribution in [3.8, 4) is 5.75 Å². The van der Waals surface area contributed by atoms with E-state index in [1.54, 1.807) is 11.0 Å². The van der Waals surface area contributed by atoms with Crippen LogP contribution in [0.1, 0.15) is 13.8 Å². The fourth-order valence-corrected chi connectivity index (χ4v) is 3.02. The minimum Gasteiger partial charge on any atom is -0.406 e. The normalized spacial score (nSPS) is 13.5. The van der Waals surface area contributed by atoms with Gasteiger partial charge in [-0.05, 0) is 37.0 Å². The topological polar surface area (TPSA) is 76.2 Å². The average Bonchev–Trinajstić information content (AvgIpc) is 2.71. The van der Waals surface area contributed by atoms with Crippen molar-refractivity contribution < 1.29 is 26.5 Å². The van der Waals surface area contributed by atoms with Crippen molar-refractivity contribution in [1.29, 1.82) is 0 Å². The van der Waals surface area contributed by atoms with Crippen LogP contribution in [0.3, 0.4) is 0 Å². The summed E-state index contributed by atoms with van der Waals surface area (Å²) >= 11 is -0.0773. The van der Waals surface area contributed by atoms with Crippen LogP contribution in [0.25, 0.3) is 0 Å². The summed E-state index contributed by atoms with van der Waals surface area (Å²) in [5.74, 6) is 0.0474. The van der Waals surface area contributed by atoms with E-state index in [9.17, 15) is 17.1 Å². The number of anilines is 3. The highest BCUT2D eigenvalue weighted by molar-refractivity contribution is 7.95. The average molecular weight is 461 g/mol. The lowest BCUT2D eigenvalue weighted by molar-refractivity contribution is -0.274. The number of nitrogens with zero attached hydrogens (tertiary/aromatic N) is 4. The van der Waals surface area contributed by atoms with Crippen LogP contribution in [0, 0.1) is 0 Å². The van der Waals surface area contributed by atoms with Crippen molar-refractivity contribution in [2.45, 2.75) is 26.3 Å². The van der Waals surface area contributed by atoms with Crippen LogP contribution < -0.4 is 19.7 Å². The molecule has 3 rings (SSSR count). The smallest absolute Gasteiger partial charge is 0.406 e. The first-order valence-electron chi connectivity index (χ1n) is 9.29. The van der Waals surface area contributed by atoms with Gasteiger partial charge in [0.2, 0.25) is 0 Å². The first kappa shape index (κ1) is 24.5. The Morgan fingerprint density at radius 2 is 1.94 bits per heavy atom. The molecule has 1 saturated heterocycles. The molecule has 1 fully saturated rings. The number of rotatable bonds is 8. The van der Waals surface area contributed by atoms with E-state index in [0.717, 1.165) is 12.1 Å². The second kappa shape index (κ2) is 11.0. The van der Waals surface area contributed by atoms with Crippen LogP contribution in [0.5, 0.6) is 5.75 Å². The quantitative estimate of drug-likeness (QED) is 0.253. The molecule has 1 aromatic carbocycles. The molecule has 1 aliphatic rings. The molecular weight excluding hydrogens is 438 g/mol. The molecule has 0 radical (unpaired) electrons. The van der Waals surface area contributed by atoms with Gasteiger partial charge in [-0.25, -0.2) is 4.98 Å². The summed E-state index contributed by atoms with van der Waals surface area (Å²) in [5, 5.41) is 0. The summed E-state index contributed by atoms with van der Waals surface area (Å²) < 4.78 is 61.0. The van der Waals surface area contributed by atoms with Gasteiger partial charge in [-0.1, -0.05) is 13.8 Å². The van der Waals surface area contributed by atoms with Crippen LogP contribution in [-0.4, -0.2) is 44.0 Å². The number of ether oxygens (including phenoxy) is 2. The highest BCUT2D eigenvalue weighted by atomic mass is 32.2. The van der Waals surface area contributed by atoms with Gasteiger partial charge < -0.3 is 20.1 Å². The zero-order valence-electron chi connectivity index (χ0n) is 17.0. The number of pyridine rings is 1. The Morgan fingerprint density at radius 1 is 1.29 bits per heavy atom. The first-order chi connectivity index (χ1) is 14.8. The molecule has 1 aliphatic heterocycles. The third kappa shape index (κ3) is 6.62. The van der Waals surface area contributed by atoms with Gasteiger partial charge in [-0.3, -0.25) is 9.30 Å². The molecule has 2 heterocycles. The molecule has 0 bridgehead atoms. The summed E-state index contributed by atoms with van der Waals surface area (Å²) in [4.78, 5) is 10.0. The number of halogens is 4. The zero-order valence-corrected chi connectivity index (χ0v) is 17.8. The van der Waals surface area contributed by atoms with Crippen molar-refractivity contribution in [3.05, 3.63) is 36.5 Å². The number of aromatic nitrogens is 1. The predicted molar refractivity (Wildman–Crippen MR) is 115 cm³/mol.